The molecule has 0 aromatic carbocycles. The van der Waals surface area contributed by atoms with Crippen LogP contribution in [0.3, 0.4) is 0 Å². The molecule has 1 aliphatic heterocycles. The molecule has 4 rings (SSSR count). The van der Waals surface area contributed by atoms with Crippen LogP contribution < -0.4 is 5.32 Å². The van der Waals surface area contributed by atoms with E-state index in [4.69, 9.17) is 4.52 Å². The number of fused-ring (bicyclic) bond motifs is 2. The fourth-order valence-electron chi connectivity index (χ4n) is 4.35. The van der Waals surface area contributed by atoms with E-state index in [1.807, 2.05) is 36.3 Å². The molecule has 2 amide bonds. The smallest absolute Gasteiger partial charge is 0.261 e. The number of aromatic nitrogens is 1. The topological polar surface area (TPSA) is 75.4 Å². The summed E-state index contributed by atoms with van der Waals surface area (Å²) in [6, 6.07) is 3.90. The Morgan fingerprint density at radius 3 is 2.88 bits per heavy atom. The predicted octanol–water partition coefficient (Wildman–Crippen LogP) is 2.70. The number of carbonyl (C=O) groups is 2. The number of nitrogens with zero attached hydrogens (tertiary/aromatic N) is 2. The number of rotatable bonds is 5. The van der Waals surface area contributed by atoms with Gasteiger partial charge in [0, 0.05) is 24.6 Å². The van der Waals surface area contributed by atoms with Crippen molar-refractivity contribution in [1.82, 2.24) is 15.4 Å². The second-order valence-corrected chi connectivity index (χ2v) is 8.26. The van der Waals surface area contributed by atoms with Gasteiger partial charge in [0.1, 0.15) is 5.76 Å². The fourth-order valence-corrected chi connectivity index (χ4v) is 4.98. The van der Waals surface area contributed by atoms with Crippen molar-refractivity contribution >= 4 is 23.2 Å². The average molecular weight is 373 g/mol. The molecule has 2 aromatic heterocycles. The molecule has 1 aliphatic carbocycles. The van der Waals surface area contributed by atoms with Crippen LogP contribution in [-0.4, -0.2) is 40.5 Å². The van der Waals surface area contributed by atoms with Crippen molar-refractivity contribution in [1.29, 1.82) is 0 Å². The molecule has 1 saturated heterocycles. The van der Waals surface area contributed by atoms with Crippen LogP contribution >= 0.6 is 11.3 Å². The van der Waals surface area contributed by atoms with E-state index in [-0.39, 0.29) is 23.9 Å². The van der Waals surface area contributed by atoms with Crippen molar-refractivity contribution in [3.05, 3.63) is 39.4 Å². The summed E-state index contributed by atoms with van der Waals surface area (Å²) in [6.07, 6.45) is 3.07. The van der Waals surface area contributed by atoms with E-state index in [0.29, 0.717) is 18.8 Å². The standard InChI is InChI=1S/C19H23N3O3S/c1-11-14(12(2)25-21-11)5-6-18(23)22-10-13-8-15(16(22)9-13)20-19(24)17-4-3-7-26-17/h3-4,7,13,15-16H,5-6,8-10H2,1-2H3,(H,20,24). The third-order valence-corrected chi connectivity index (χ3v) is 6.50. The number of aryl methyl sites for hydroxylation is 2. The van der Waals surface area contributed by atoms with Crippen molar-refractivity contribution < 1.29 is 14.1 Å². The van der Waals surface area contributed by atoms with Crippen LogP contribution in [0.4, 0.5) is 0 Å². The molecule has 0 radical (unpaired) electrons. The number of likely N-dealkylation sites (tertiary alicyclic amines) is 1. The number of piperidine rings is 1. The van der Waals surface area contributed by atoms with Crippen LogP contribution in [-0.2, 0) is 11.2 Å². The highest BCUT2D eigenvalue weighted by atomic mass is 32.1. The summed E-state index contributed by atoms with van der Waals surface area (Å²) in [7, 11) is 0. The van der Waals surface area contributed by atoms with Gasteiger partial charge in [-0.1, -0.05) is 11.2 Å². The summed E-state index contributed by atoms with van der Waals surface area (Å²) >= 11 is 1.44. The molecule has 7 heteroatoms. The Morgan fingerprint density at radius 2 is 2.23 bits per heavy atom. The van der Waals surface area contributed by atoms with Crippen LogP contribution in [0.1, 0.15) is 46.0 Å². The van der Waals surface area contributed by atoms with Gasteiger partial charge in [-0.05, 0) is 50.5 Å². The summed E-state index contributed by atoms with van der Waals surface area (Å²) in [6.45, 7) is 4.61. The van der Waals surface area contributed by atoms with E-state index < -0.39 is 0 Å². The molecule has 6 nitrogen and oxygen atoms in total. The van der Waals surface area contributed by atoms with E-state index in [0.717, 1.165) is 41.3 Å². The Hall–Kier alpha value is -2.15. The summed E-state index contributed by atoms with van der Waals surface area (Å²) in [5.74, 6) is 1.42. The molecule has 1 N–H and O–H groups in total. The van der Waals surface area contributed by atoms with Gasteiger partial charge in [-0.25, -0.2) is 0 Å². The van der Waals surface area contributed by atoms with Gasteiger partial charge in [-0.3, -0.25) is 9.59 Å². The average Bonchev–Trinajstić information content (AvgIpc) is 3.38. The lowest BCUT2D eigenvalue weighted by Gasteiger charge is -2.33. The van der Waals surface area contributed by atoms with E-state index in [2.05, 4.69) is 10.5 Å². The second-order valence-electron chi connectivity index (χ2n) is 7.31. The highest BCUT2D eigenvalue weighted by Gasteiger charge is 2.47. The van der Waals surface area contributed by atoms with Gasteiger partial charge >= 0.3 is 0 Å². The summed E-state index contributed by atoms with van der Waals surface area (Å²) < 4.78 is 5.18. The number of nitrogens with one attached hydrogen (secondary N) is 1. The zero-order valence-corrected chi connectivity index (χ0v) is 15.8. The lowest BCUT2D eigenvalue weighted by atomic mass is 10.0. The Balaban J connectivity index is 1.37. The molecule has 3 unspecified atom stereocenters. The fraction of sp³-hybridized carbons (Fsp3) is 0.526. The number of hydrogen-bond acceptors (Lipinski definition) is 5. The molecular formula is C19H23N3O3S. The van der Waals surface area contributed by atoms with Gasteiger partial charge in [0.25, 0.3) is 5.91 Å². The molecule has 26 heavy (non-hydrogen) atoms. The minimum absolute atomic E-state index is 0.0272. The summed E-state index contributed by atoms with van der Waals surface area (Å²) in [5, 5.41) is 8.99. The van der Waals surface area contributed by atoms with Crippen LogP contribution in [0.5, 0.6) is 0 Å². The minimum atomic E-state index is -0.0272. The molecule has 1 saturated carbocycles. The lowest BCUT2D eigenvalue weighted by Crippen LogP contribution is -2.51. The van der Waals surface area contributed by atoms with E-state index in [1.165, 1.54) is 11.3 Å². The normalized spacial score (nSPS) is 24.2. The molecule has 2 bridgehead atoms. The van der Waals surface area contributed by atoms with Crippen molar-refractivity contribution in [2.45, 2.75) is 51.6 Å². The van der Waals surface area contributed by atoms with Gasteiger partial charge in [0.05, 0.1) is 16.6 Å². The quantitative estimate of drug-likeness (QED) is 0.874. The van der Waals surface area contributed by atoms with Gasteiger partial charge in [0.2, 0.25) is 5.91 Å². The molecule has 3 heterocycles. The first-order valence-electron chi connectivity index (χ1n) is 9.08. The maximum atomic E-state index is 12.8. The van der Waals surface area contributed by atoms with Crippen LogP contribution in [0, 0.1) is 19.8 Å². The van der Waals surface area contributed by atoms with Gasteiger partial charge < -0.3 is 14.7 Å². The van der Waals surface area contributed by atoms with Gasteiger partial charge in [-0.15, -0.1) is 11.3 Å². The SMILES string of the molecule is Cc1noc(C)c1CCC(=O)N1CC2CC(NC(=O)c3cccs3)C1C2. The van der Waals surface area contributed by atoms with Crippen LogP contribution in [0.2, 0.25) is 0 Å². The molecule has 138 valence electrons. The maximum absolute atomic E-state index is 12.8. The molecule has 0 spiro atoms. The number of hydrogen-bond donors (Lipinski definition) is 1. The monoisotopic (exact) mass is 373 g/mol. The Morgan fingerprint density at radius 1 is 1.38 bits per heavy atom. The zero-order chi connectivity index (χ0) is 18.3. The maximum Gasteiger partial charge on any atom is 0.261 e. The van der Waals surface area contributed by atoms with Gasteiger partial charge in [0.15, 0.2) is 0 Å². The summed E-state index contributed by atoms with van der Waals surface area (Å²) in [5.41, 5.74) is 1.89. The molecule has 2 aromatic rings. The van der Waals surface area contributed by atoms with E-state index >= 15 is 0 Å². The number of thiophene rings is 1. The number of carbonyl (C=O) groups excluding carboxylic acids is 2. The largest absolute Gasteiger partial charge is 0.361 e. The van der Waals surface area contributed by atoms with Crippen molar-refractivity contribution in [2.24, 2.45) is 5.92 Å². The Kier molecular flexibility index (Phi) is 4.56. The Labute approximate surface area is 156 Å². The van der Waals surface area contributed by atoms with Gasteiger partial charge in [-0.2, -0.15) is 0 Å². The van der Waals surface area contributed by atoms with Crippen LogP contribution in [0.25, 0.3) is 0 Å². The van der Waals surface area contributed by atoms with Crippen molar-refractivity contribution in [3.63, 3.8) is 0 Å². The van der Waals surface area contributed by atoms with E-state index in [1.54, 1.807) is 0 Å². The highest BCUT2D eigenvalue weighted by molar-refractivity contribution is 7.12. The minimum Gasteiger partial charge on any atom is -0.361 e. The third-order valence-electron chi connectivity index (χ3n) is 5.63. The first-order chi connectivity index (χ1) is 12.5. The molecule has 3 atom stereocenters. The Bertz CT molecular complexity index is 795. The van der Waals surface area contributed by atoms with Crippen molar-refractivity contribution in [3.8, 4) is 0 Å². The highest BCUT2D eigenvalue weighted by Crippen LogP contribution is 2.38. The first-order valence-corrected chi connectivity index (χ1v) is 9.96. The van der Waals surface area contributed by atoms with Crippen LogP contribution in [0.15, 0.2) is 22.0 Å². The predicted molar refractivity (Wildman–Crippen MR) is 98.1 cm³/mol. The van der Waals surface area contributed by atoms with Crippen molar-refractivity contribution in [2.75, 3.05) is 6.54 Å². The molecular weight excluding hydrogens is 350 g/mol. The summed E-state index contributed by atoms with van der Waals surface area (Å²) in [4.78, 5) is 27.8. The number of amides is 2. The lowest BCUT2D eigenvalue weighted by molar-refractivity contribution is -0.133. The van der Waals surface area contributed by atoms with E-state index in [9.17, 15) is 9.59 Å². The second kappa shape index (κ2) is 6.87. The molecule has 2 fully saturated rings. The first kappa shape index (κ1) is 17.3. The molecule has 2 aliphatic rings. The zero-order valence-electron chi connectivity index (χ0n) is 15.0. The third kappa shape index (κ3) is 3.16.